The third-order valence-corrected chi connectivity index (χ3v) is 4.44. The van der Waals surface area contributed by atoms with Gasteiger partial charge >= 0.3 is 0 Å². The number of piperidine rings is 1. The van der Waals surface area contributed by atoms with E-state index >= 15 is 0 Å². The second-order valence-electron chi connectivity index (χ2n) is 6.69. The third-order valence-electron chi connectivity index (χ3n) is 4.44. The summed E-state index contributed by atoms with van der Waals surface area (Å²) >= 11 is 0. The Labute approximate surface area is 142 Å². The predicted octanol–water partition coefficient (Wildman–Crippen LogP) is 1.75. The topological polar surface area (TPSA) is 76.3 Å². The van der Waals surface area contributed by atoms with Crippen molar-refractivity contribution in [3.05, 3.63) is 35.8 Å². The number of aromatic nitrogens is 4. The zero-order chi connectivity index (χ0) is 17.2. The molecule has 130 valence electrons. The van der Waals surface area contributed by atoms with Gasteiger partial charge in [0.2, 0.25) is 5.88 Å². The predicted molar refractivity (Wildman–Crippen MR) is 89.6 cm³/mol. The van der Waals surface area contributed by atoms with E-state index in [4.69, 9.17) is 4.74 Å². The Kier molecular flexibility index (Phi) is 4.82. The molecule has 0 aromatic carbocycles. The zero-order valence-corrected chi connectivity index (χ0v) is 14.5. The van der Waals surface area contributed by atoms with E-state index in [9.17, 15) is 5.11 Å². The fourth-order valence-corrected chi connectivity index (χ4v) is 3.10. The summed E-state index contributed by atoms with van der Waals surface area (Å²) in [6.07, 6.45) is 3.47. The van der Waals surface area contributed by atoms with Crippen LogP contribution in [0.15, 0.2) is 24.4 Å². The van der Waals surface area contributed by atoms with Gasteiger partial charge in [-0.2, -0.15) is 0 Å². The molecule has 0 radical (unpaired) electrons. The first-order valence-electron chi connectivity index (χ1n) is 8.37. The van der Waals surface area contributed by atoms with Crippen LogP contribution in [0.25, 0.3) is 0 Å². The Morgan fingerprint density at radius 3 is 2.92 bits per heavy atom. The van der Waals surface area contributed by atoms with Gasteiger partial charge in [-0.1, -0.05) is 11.3 Å². The molecule has 3 heterocycles. The van der Waals surface area contributed by atoms with Crippen molar-refractivity contribution < 1.29 is 9.84 Å². The Morgan fingerprint density at radius 2 is 2.21 bits per heavy atom. The van der Waals surface area contributed by atoms with Crippen LogP contribution in [0.4, 0.5) is 0 Å². The average Bonchev–Trinajstić information content (AvgIpc) is 3.06. The number of methoxy groups -OCH3 is 1. The molecular weight excluding hydrogens is 306 g/mol. The van der Waals surface area contributed by atoms with Crippen LogP contribution >= 0.6 is 0 Å². The van der Waals surface area contributed by atoms with Crippen molar-refractivity contribution in [2.24, 2.45) is 0 Å². The second kappa shape index (κ2) is 6.86. The number of aliphatic hydroxyl groups is 1. The first kappa shape index (κ1) is 16.9. The van der Waals surface area contributed by atoms with Crippen LogP contribution in [0.3, 0.4) is 0 Å². The molecule has 7 nitrogen and oxygen atoms in total. The van der Waals surface area contributed by atoms with Crippen LogP contribution in [0.1, 0.15) is 44.1 Å². The fraction of sp³-hybridized carbons (Fsp3) is 0.588. The van der Waals surface area contributed by atoms with Crippen LogP contribution in [-0.2, 0) is 12.1 Å². The molecule has 2 aromatic heterocycles. The molecule has 3 rings (SSSR count). The first-order chi connectivity index (χ1) is 11.5. The van der Waals surface area contributed by atoms with E-state index in [0.717, 1.165) is 18.7 Å². The van der Waals surface area contributed by atoms with Gasteiger partial charge < -0.3 is 9.84 Å². The van der Waals surface area contributed by atoms with E-state index in [2.05, 4.69) is 20.2 Å². The molecule has 1 aliphatic rings. The monoisotopic (exact) mass is 331 g/mol. The fourth-order valence-electron chi connectivity index (χ4n) is 3.10. The SMILES string of the molecule is COc1cccc(CN2CCCC(O)(c3cn(C(C)C)nn3)C2)n1. The first-order valence-corrected chi connectivity index (χ1v) is 8.37. The van der Waals surface area contributed by atoms with E-state index in [1.807, 2.05) is 38.2 Å². The lowest BCUT2D eigenvalue weighted by molar-refractivity contribution is -0.0417. The van der Waals surface area contributed by atoms with Gasteiger partial charge in [0.05, 0.1) is 19.0 Å². The highest BCUT2D eigenvalue weighted by Gasteiger charge is 2.37. The van der Waals surface area contributed by atoms with Crippen LogP contribution in [-0.4, -0.2) is 50.2 Å². The van der Waals surface area contributed by atoms with E-state index in [1.165, 1.54) is 0 Å². The van der Waals surface area contributed by atoms with Crippen molar-refractivity contribution in [3.8, 4) is 5.88 Å². The minimum atomic E-state index is -0.954. The van der Waals surface area contributed by atoms with Gasteiger partial charge in [0, 0.05) is 25.2 Å². The van der Waals surface area contributed by atoms with E-state index in [0.29, 0.717) is 31.1 Å². The van der Waals surface area contributed by atoms with Gasteiger partial charge in [0.25, 0.3) is 0 Å². The van der Waals surface area contributed by atoms with Crippen molar-refractivity contribution in [2.75, 3.05) is 20.2 Å². The summed E-state index contributed by atoms with van der Waals surface area (Å²) in [6.45, 7) is 6.23. The molecular formula is C17H25N5O2. The molecule has 0 aliphatic carbocycles. The van der Waals surface area contributed by atoms with E-state index in [1.54, 1.807) is 11.8 Å². The lowest BCUT2D eigenvalue weighted by Crippen LogP contribution is -2.46. The maximum absolute atomic E-state index is 11.1. The molecule has 0 bridgehead atoms. The Balaban J connectivity index is 1.72. The highest BCUT2D eigenvalue weighted by atomic mass is 16.5. The number of nitrogens with zero attached hydrogens (tertiary/aromatic N) is 5. The summed E-state index contributed by atoms with van der Waals surface area (Å²) < 4.78 is 6.97. The summed E-state index contributed by atoms with van der Waals surface area (Å²) in [6, 6.07) is 5.98. The van der Waals surface area contributed by atoms with Gasteiger partial charge in [-0.3, -0.25) is 4.90 Å². The summed E-state index contributed by atoms with van der Waals surface area (Å²) in [5, 5.41) is 19.4. The molecule has 1 aliphatic heterocycles. The molecule has 0 amide bonds. The summed E-state index contributed by atoms with van der Waals surface area (Å²) in [7, 11) is 1.61. The number of ether oxygens (including phenoxy) is 1. The molecule has 1 atom stereocenters. The molecule has 1 N–H and O–H groups in total. The summed E-state index contributed by atoms with van der Waals surface area (Å²) in [5.74, 6) is 0.611. The summed E-state index contributed by atoms with van der Waals surface area (Å²) in [5.41, 5.74) is 0.633. The largest absolute Gasteiger partial charge is 0.481 e. The number of hydrogen-bond acceptors (Lipinski definition) is 6. The Hall–Kier alpha value is -1.99. The zero-order valence-electron chi connectivity index (χ0n) is 14.5. The van der Waals surface area contributed by atoms with Gasteiger partial charge in [-0.25, -0.2) is 9.67 Å². The number of rotatable bonds is 5. The lowest BCUT2D eigenvalue weighted by Gasteiger charge is -2.37. The van der Waals surface area contributed by atoms with Gasteiger partial charge in [0.1, 0.15) is 11.3 Å². The van der Waals surface area contributed by atoms with Crippen LogP contribution in [0.2, 0.25) is 0 Å². The Morgan fingerprint density at radius 1 is 1.38 bits per heavy atom. The highest BCUT2D eigenvalue weighted by Crippen LogP contribution is 2.31. The third kappa shape index (κ3) is 3.57. The van der Waals surface area contributed by atoms with Gasteiger partial charge in [-0.05, 0) is 39.3 Å². The molecule has 0 saturated carbocycles. The minimum absolute atomic E-state index is 0.232. The lowest BCUT2D eigenvalue weighted by atomic mass is 9.90. The van der Waals surface area contributed by atoms with E-state index < -0.39 is 5.60 Å². The van der Waals surface area contributed by atoms with Crippen molar-refractivity contribution in [1.29, 1.82) is 0 Å². The van der Waals surface area contributed by atoms with Crippen LogP contribution in [0.5, 0.6) is 5.88 Å². The van der Waals surface area contributed by atoms with E-state index in [-0.39, 0.29) is 6.04 Å². The maximum Gasteiger partial charge on any atom is 0.213 e. The number of hydrogen-bond donors (Lipinski definition) is 1. The molecule has 1 fully saturated rings. The highest BCUT2D eigenvalue weighted by molar-refractivity contribution is 5.16. The smallest absolute Gasteiger partial charge is 0.213 e. The quantitative estimate of drug-likeness (QED) is 0.899. The molecule has 2 aromatic rings. The second-order valence-corrected chi connectivity index (χ2v) is 6.69. The molecule has 1 saturated heterocycles. The number of pyridine rings is 1. The molecule has 7 heteroatoms. The Bertz CT molecular complexity index is 687. The molecule has 0 spiro atoms. The minimum Gasteiger partial charge on any atom is -0.481 e. The van der Waals surface area contributed by atoms with Crippen LogP contribution in [0, 0.1) is 0 Å². The van der Waals surface area contributed by atoms with Gasteiger partial charge in [0.15, 0.2) is 0 Å². The van der Waals surface area contributed by atoms with Crippen molar-refractivity contribution in [2.45, 2.75) is 44.9 Å². The average molecular weight is 331 g/mol. The van der Waals surface area contributed by atoms with Crippen molar-refractivity contribution in [1.82, 2.24) is 24.9 Å². The van der Waals surface area contributed by atoms with Gasteiger partial charge in [-0.15, -0.1) is 5.10 Å². The maximum atomic E-state index is 11.1. The molecule has 24 heavy (non-hydrogen) atoms. The number of likely N-dealkylation sites (tertiary alicyclic amines) is 1. The van der Waals surface area contributed by atoms with Crippen molar-refractivity contribution in [3.63, 3.8) is 0 Å². The summed E-state index contributed by atoms with van der Waals surface area (Å²) in [4.78, 5) is 6.66. The number of β-amino-alcohol motifs (C(OH)–C–C–N with tert-alkyl or cyclic N) is 1. The molecule has 1 unspecified atom stereocenters. The standard InChI is InChI=1S/C17H25N5O2/c1-13(2)22-11-15(19-20-22)17(23)8-5-9-21(12-17)10-14-6-4-7-16(18-14)24-3/h4,6-7,11,13,23H,5,8-10,12H2,1-3H3. The van der Waals surface area contributed by atoms with Crippen LogP contribution < -0.4 is 4.74 Å². The normalized spacial score (nSPS) is 22.0. The van der Waals surface area contributed by atoms with Crippen molar-refractivity contribution >= 4 is 0 Å².